The van der Waals surface area contributed by atoms with Crippen LogP contribution in [0.25, 0.3) is 0 Å². The summed E-state index contributed by atoms with van der Waals surface area (Å²) in [7, 11) is -3.40. The van der Waals surface area contributed by atoms with Crippen molar-refractivity contribution in [1.82, 2.24) is 4.90 Å². The molecular weight excluding hydrogens is 360 g/mol. The van der Waals surface area contributed by atoms with E-state index in [-0.39, 0.29) is 12.5 Å². The average molecular weight is 389 g/mol. The molecule has 27 heavy (non-hydrogen) atoms. The van der Waals surface area contributed by atoms with Gasteiger partial charge >= 0.3 is 0 Å². The molecule has 146 valence electrons. The van der Waals surface area contributed by atoms with E-state index in [2.05, 4.69) is 0 Å². The van der Waals surface area contributed by atoms with Crippen LogP contribution >= 0.6 is 0 Å². The smallest absolute Gasteiger partial charge is 0.232 e. The Morgan fingerprint density at radius 2 is 1.63 bits per heavy atom. The van der Waals surface area contributed by atoms with Crippen molar-refractivity contribution in [2.24, 2.45) is 0 Å². The van der Waals surface area contributed by atoms with E-state index in [9.17, 15) is 13.2 Å². The molecule has 0 saturated heterocycles. The fraction of sp³-hybridized carbons (Fsp3) is 0.381. The van der Waals surface area contributed by atoms with Crippen LogP contribution in [-0.2, 0) is 21.4 Å². The molecule has 0 aliphatic rings. The van der Waals surface area contributed by atoms with Crippen molar-refractivity contribution in [2.45, 2.75) is 33.2 Å². The zero-order valence-corrected chi connectivity index (χ0v) is 17.1. The fourth-order valence-corrected chi connectivity index (χ4v) is 4.04. The summed E-state index contributed by atoms with van der Waals surface area (Å²) in [5, 5.41) is 0. The molecule has 0 aliphatic carbocycles. The third-order valence-corrected chi connectivity index (χ3v) is 5.67. The number of hydrogen-bond donors (Lipinski definition) is 0. The zero-order chi connectivity index (χ0) is 19.9. The quantitative estimate of drug-likeness (QED) is 0.660. The van der Waals surface area contributed by atoms with E-state index in [1.54, 1.807) is 11.0 Å². The molecule has 1 amide bonds. The molecule has 2 aromatic carbocycles. The molecule has 0 N–H and O–H groups in total. The Morgan fingerprint density at radius 3 is 2.22 bits per heavy atom. The van der Waals surface area contributed by atoms with Gasteiger partial charge in [-0.15, -0.1) is 0 Å². The summed E-state index contributed by atoms with van der Waals surface area (Å²) in [5.74, 6) is 0.0413. The standard InChI is InChI=1S/C21H28N2O3S/c1-4-22(17-19-12-6-5-7-13-19)21(24)15-10-16-23(27(3,25)26)20-14-9-8-11-18(20)2/h5-9,11-14H,4,10,15-17H2,1-3H3. The molecule has 0 heterocycles. The van der Waals surface area contributed by atoms with Gasteiger partial charge in [0.05, 0.1) is 11.9 Å². The lowest BCUT2D eigenvalue weighted by Crippen LogP contribution is -2.34. The maximum absolute atomic E-state index is 12.6. The van der Waals surface area contributed by atoms with Crippen LogP contribution in [0.2, 0.25) is 0 Å². The Bertz CT molecular complexity index is 851. The number of sulfonamides is 1. The summed E-state index contributed by atoms with van der Waals surface area (Å²) < 4.78 is 25.8. The SMILES string of the molecule is CCN(Cc1ccccc1)C(=O)CCCN(c1ccccc1C)S(C)(=O)=O. The number of aryl methyl sites for hydroxylation is 1. The third-order valence-electron chi connectivity index (χ3n) is 4.49. The minimum Gasteiger partial charge on any atom is -0.339 e. The maximum Gasteiger partial charge on any atom is 0.232 e. The van der Waals surface area contributed by atoms with Crippen LogP contribution in [0.3, 0.4) is 0 Å². The monoisotopic (exact) mass is 388 g/mol. The first-order valence-corrected chi connectivity index (χ1v) is 11.0. The van der Waals surface area contributed by atoms with Crippen molar-refractivity contribution in [3.05, 3.63) is 65.7 Å². The van der Waals surface area contributed by atoms with Crippen LogP contribution in [0.5, 0.6) is 0 Å². The number of hydrogen-bond acceptors (Lipinski definition) is 3. The van der Waals surface area contributed by atoms with Gasteiger partial charge in [0.1, 0.15) is 0 Å². The van der Waals surface area contributed by atoms with Gasteiger partial charge in [0.25, 0.3) is 0 Å². The van der Waals surface area contributed by atoms with Gasteiger partial charge in [-0.1, -0.05) is 48.5 Å². The minimum absolute atomic E-state index is 0.0413. The second-order valence-corrected chi connectivity index (χ2v) is 8.53. The maximum atomic E-state index is 12.6. The number of benzene rings is 2. The first kappa shape index (κ1) is 21.0. The number of rotatable bonds is 9. The Labute approximate surface area is 162 Å². The van der Waals surface area contributed by atoms with Crippen LogP contribution < -0.4 is 4.31 Å². The van der Waals surface area contributed by atoms with Gasteiger partial charge in [-0.05, 0) is 37.5 Å². The van der Waals surface area contributed by atoms with Crippen LogP contribution in [-0.4, -0.2) is 38.6 Å². The molecule has 0 bridgehead atoms. The van der Waals surface area contributed by atoms with E-state index in [0.717, 1.165) is 11.1 Å². The number of amides is 1. The molecule has 0 spiro atoms. The van der Waals surface area contributed by atoms with Crippen LogP contribution in [0, 0.1) is 6.92 Å². The molecular formula is C21H28N2O3S. The van der Waals surface area contributed by atoms with E-state index in [0.29, 0.717) is 31.6 Å². The first-order valence-electron chi connectivity index (χ1n) is 9.18. The van der Waals surface area contributed by atoms with E-state index in [4.69, 9.17) is 0 Å². The van der Waals surface area contributed by atoms with Crippen molar-refractivity contribution < 1.29 is 13.2 Å². The van der Waals surface area contributed by atoms with Crippen molar-refractivity contribution in [3.63, 3.8) is 0 Å². The molecule has 2 aromatic rings. The fourth-order valence-electron chi connectivity index (χ4n) is 3.02. The Hall–Kier alpha value is -2.34. The molecule has 0 radical (unpaired) electrons. The van der Waals surface area contributed by atoms with Crippen LogP contribution in [0.4, 0.5) is 5.69 Å². The summed E-state index contributed by atoms with van der Waals surface area (Å²) in [6.45, 7) is 5.33. The van der Waals surface area contributed by atoms with Gasteiger partial charge in [-0.25, -0.2) is 8.42 Å². The summed E-state index contributed by atoms with van der Waals surface area (Å²) >= 11 is 0. The van der Waals surface area contributed by atoms with E-state index < -0.39 is 10.0 Å². The number of anilines is 1. The molecule has 0 saturated carbocycles. The van der Waals surface area contributed by atoms with Crippen LogP contribution in [0.15, 0.2) is 54.6 Å². The number of carbonyl (C=O) groups excluding carboxylic acids is 1. The normalized spacial score (nSPS) is 11.2. The van der Waals surface area contributed by atoms with Crippen molar-refractivity contribution >= 4 is 21.6 Å². The molecule has 0 unspecified atom stereocenters. The molecule has 0 fully saturated rings. The first-order chi connectivity index (χ1) is 12.8. The van der Waals surface area contributed by atoms with Gasteiger partial charge in [-0.2, -0.15) is 0 Å². The van der Waals surface area contributed by atoms with Crippen molar-refractivity contribution in [2.75, 3.05) is 23.7 Å². The number of nitrogens with zero attached hydrogens (tertiary/aromatic N) is 2. The molecule has 6 heteroatoms. The zero-order valence-electron chi connectivity index (χ0n) is 16.3. The minimum atomic E-state index is -3.40. The summed E-state index contributed by atoms with van der Waals surface area (Å²) in [5.41, 5.74) is 2.66. The van der Waals surface area contributed by atoms with E-state index in [1.165, 1.54) is 10.6 Å². The summed E-state index contributed by atoms with van der Waals surface area (Å²) in [6, 6.07) is 17.3. The molecule has 0 aromatic heterocycles. The molecule has 0 aliphatic heterocycles. The molecule has 5 nitrogen and oxygen atoms in total. The topological polar surface area (TPSA) is 57.7 Å². The van der Waals surface area contributed by atoms with Gasteiger partial charge < -0.3 is 4.90 Å². The van der Waals surface area contributed by atoms with Gasteiger partial charge in [0.2, 0.25) is 15.9 Å². The lowest BCUT2D eigenvalue weighted by molar-refractivity contribution is -0.131. The van der Waals surface area contributed by atoms with Gasteiger partial charge in [0, 0.05) is 26.1 Å². The lowest BCUT2D eigenvalue weighted by atomic mass is 10.2. The van der Waals surface area contributed by atoms with E-state index >= 15 is 0 Å². The molecule has 0 atom stereocenters. The van der Waals surface area contributed by atoms with E-state index in [1.807, 2.05) is 62.4 Å². The molecule has 2 rings (SSSR count). The van der Waals surface area contributed by atoms with Crippen LogP contribution in [0.1, 0.15) is 30.9 Å². The van der Waals surface area contributed by atoms with Crippen molar-refractivity contribution in [1.29, 1.82) is 0 Å². The lowest BCUT2D eigenvalue weighted by Gasteiger charge is -2.25. The number of para-hydroxylation sites is 1. The second-order valence-electron chi connectivity index (χ2n) is 6.62. The van der Waals surface area contributed by atoms with Gasteiger partial charge in [-0.3, -0.25) is 9.10 Å². The number of carbonyl (C=O) groups is 1. The largest absolute Gasteiger partial charge is 0.339 e. The highest BCUT2D eigenvalue weighted by molar-refractivity contribution is 7.92. The predicted octanol–water partition coefficient (Wildman–Crippen LogP) is 3.59. The Balaban J connectivity index is 1.99. The highest BCUT2D eigenvalue weighted by Gasteiger charge is 2.20. The average Bonchev–Trinajstić information content (AvgIpc) is 2.64. The highest BCUT2D eigenvalue weighted by Crippen LogP contribution is 2.22. The van der Waals surface area contributed by atoms with Crippen molar-refractivity contribution in [3.8, 4) is 0 Å². The third kappa shape index (κ3) is 6.10. The highest BCUT2D eigenvalue weighted by atomic mass is 32.2. The Morgan fingerprint density at radius 1 is 1.00 bits per heavy atom. The Kier molecular flexibility index (Phi) is 7.42. The summed E-state index contributed by atoms with van der Waals surface area (Å²) in [4.78, 5) is 14.4. The second kappa shape index (κ2) is 9.55. The predicted molar refractivity (Wildman–Crippen MR) is 110 cm³/mol. The van der Waals surface area contributed by atoms with Gasteiger partial charge in [0.15, 0.2) is 0 Å². The summed E-state index contributed by atoms with van der Waals surface area (Å²) in [6.07, 6.45) is 2.00.